The van der Waals surface area contributed by atoms with E-state index in [4.69, 9.17) is 0 Å². The largest absolute Gasteiger partial charge is 0.309 e. The van der Waals surface area contributed by atoms with Gasteiger partial charge in [-0.25, -0.2) is 0 Å². The average molecular weight is 917 g/mol. The van der Waals surface area contributed by atoms with Crippen molar-refractivity contribution in [1.82, 2.24) is 9.13 Å². The fourth-order valence-electron chi connectivity index (χ4n) is 10.9. The summed E-state index contributed by atoms with van der Waals surface area (Å²) < 4.78 is 4.80. The van der Waals surface area contributed by atoms with Crippen LogP contribution in [0.25, 0.3) is 122 Å². The molecule has 0 aliphatic heterocycles. The van der Waals surface area contributed by atoms with Crippen molar-refractivity contribution in [1.29, 1.82) is 0 Å². The lowest BCUT2D eigenvalue weighted by atomic mass is 9.80. The van der Waals surface area contributed by atoms with Crippen LogP contribution < -0.4 is 0 Å². The summed E-state index contributed by atoms with van der Waals surface area (Å²) in [5.74, 6) is 0. The van der Waals surface area contributed by atoms with Crippen LogP contribution in [0.2, 0.25) is 0 Å². The highest BCUT2D eigenvalue weighted by Crippen LogP contribution is 2.50. The first-order valence-electron chi connectivity index (χ1n) is 24.8. The number of fused-ring (bicyclic) bond motifs is 2. The second-order valence-electron chi connectivity index (χ2n) is 18.4. The van der Waals surface area contributed by atoms with Gasteiger partial charge in [0.15, 0.2) is 0 Å². The Hall–Kier alpha value is -9.50. The van der Waals surface area contributed by atoms with Crippen molar-refractivity contribution in [2.24, 2.45) is 0 Å². The molecule has 0 saturated heterocycles. The van der Waals surface area contributed by atoms with Crippen LogP contribution in [0.15, 0.2) is 291 Å². The van der Waals surface area contributed by atoms with Crippen LogP contribution in [-0.4, -0.2) is 9.13 Å². The summed E-state index contributed by atoms with van der Waals surface area (Å²) in [6.07, 6.45) is 0. The molecule has 0 spiro atoms. The first kappa shape index (κ1) is 42.6. The third kappa shape index (κ3) is 7.54. The Morgan fingerprint density at radius 3 is 0.708 bits per heavy atom. The van der Waals surface area contributed by atoms with Gasteiger partial charge in [0.25, 0.3) is 0 Å². The van der Waals surface area contributed by atoms with Gasteiger partial charge in [-0.3, -0.25) is 0 Å². The molecule has 0 N–H and O–H groups in total. The van der Waals surface area contributed by atoms with Gasteiger partial charge in [0, 0.05) is 11.4 Å². The average Bonchev–Trinajstić information content (AvgIpc) is 4.12. The molecule has 0 radical (unpaired) electrons. The van der Waals surface area contributed by atoms with Gasteiger partial charge in [0.1, 0.15) is 0 Å². The standard InChI is InChI=1S/C70H48N2/c1-7-21-51(22-8-1)63-45-46-64(52-23-9-2-10-24-52)71(63)57-39-35-49(36-40-57)59-43-44-60(50-37-41-58(42-38-50)72-65(53-25-11-3-12-26-53)47-48-66(72)54-27-13-4-14-28-54)70-68(56-31-17-6-18-32-56)62-34-20-19-33-61(62)67(69(59)70)55-29-15-5-16-30-55/h1-48H. The van der Waals surface area contributed by atoms with Gasteiger partial charge in [-0.05, 0) is 137 Å². The van der Waals surface area contributed by atoms with E-state index in [1.807, 2.05) is 0 Å². The van der Waals surface area contributed by atoms with Crippen molar-refractivity contribution < 1.29 is 0 Å². The van der Waals surface area contributed by atoms with Crippen molar-refractivity contribution in [3.8, 4) is 101 Å². The minimum absolute atomic E-state index is 1.11. The molecular formula is C70H48N2. The number of rotatable bonds is 10. The van der Waals surface area contributed by atoms with Crippen LogP contribution in [0.1, 0.15) is 0 Å². The summed E-state index contributed by atoms with van der Waals surface area (Å²) in [5.41, 5.74) is 21.0. The fourth-order valence-corrected chi connectivity index (χ4v) is 10.9. The highest BCUT2D eigenvalue weighted by Gasteiger charge is 2.24. The van der Waals surface area contributed by atoms with Gasteiger partial charge in [-0.15, -0.1) is 0 Å². The normalized spacial score (nSPS) is 11.3. The second-order valence-corrected chi connectivity index (χ2v) is 18.4. The lowest BCUT2D eigenvalue weighted by Gasteiger charge is -2.23. The third-order valence-corrected chi connectivity index (χ3v) is 14.2. The van der Waals surface area contributed by atoms with Crippen LogP contribution in [0.3, 0.4) is 0 Å². The van der Waals surface area contributed by atoms with E-state index in [0.717, 1.165) is 45.3 Å². The number of hydrogen-bond donors (Lipinski definition) is 0. The minimum atomic E-state index is 1.11. The molecule has 0 saturated carbocycles. The Morgan fingerprint density at radius 1 is 0.181 bits per heavy atom. The first-order chi connectivity index (χ1) is 35.8. The lowest BCUT2D eigenvalue weighted by molar-refractivity contribution is 1.09. The van der Waals surface area contributed by atoms with Crippen molar-refractivity contribution in [2.45, 2.75) is 0 Å². The first-order valence-corrected chi connectivity index (χ1v) is 24.8. The molecule has 0 atom stereocenters. The van der Waals surface area contributed by atoms with Crippen molar-refractivity contribution in [3.05, 3.63) is 291 Å². The summed E-state index contributed by atoms with van der Waals surface area (Å²) in [6, 6.07) is 106. The van der Waals surface area contributed by atoms with Crippen molar-refractivity contribution in [3.63, 3.8) is 0 Å². The molecule has 13 rings (SSSR count). The summed E-state index contributed by atoms with van der Waals surface area (Å²) in [7, 11) is 0. The summed E-state index contributed by atoms with van der Waals surface area (Å²) >= 11 is 0. The van der Waals surface area contributed by atoms with E-state index < -0.39 is 0 Å². The van der Waals surface area contributed by atoms with Gasteiger partial charge in [0.2, 0.25) is 0 Å². The summed E-state index contributed by atoms with van der Waals surface area (Å²) in [4.78, 5) is 0. The molecular weight excluding hydrogens is 869 g/mol. The Balaban J connectivity index is 1.05. The smallest absolute Gasteiger partial charge is 0.0535 e. The molecule has 2 heteroatoms. The van der Waals surface area contributed by atoms with Crippen LogP contribution in [0.5, 0.6) is 0 Å². The SMILES string of the molecule is c1ccc(-c2c3ccccc3c(-c3ccccc3)c3c(-c4ccc(-n5c(-c6ccccc6)ccc5-c5ccccc5)cc4)ccc(-c4ccc(-n5c(-c6ccccc6)ccc5-c5ccccc5)cc4)c23)cc1. The Labute approximate surface area is 420 Å². The third-order valence-electron chi connectivity index (χ3n) is 14.2. The molecule has 0 aliphatic rings. The maximum Gasteiger partial charge on any atom is 0.0535 e. The van der Waals surface area contributed by atoms with E-state index in [2.05, 4.69) is 300 Å². The maximum absolute atomic E-state index is 2.40. The molecule has 2 aromatic heterocycles. The molecule has 0 fully saturated rings. The van der Waals surface area contributed by atoms with E-state index in [1.54, 1.807) is 0 Å². The molecule has 11 aromatic carbocycles. The number of nitrogens with zero attached hydrogens (tertiary/aromatic N) is 2. The number of aromatic nitrogens is 2. The van der Waals surface area contributed by atoms with Crippen LogP contribution in [0, 0.1) is 0 Å². The molecule has 338 valence electrons. The molecule has 13 aromatic rings. The van der Waals surface area contributed by atoms with Crippen molar-refractivity contribution >= 4 is 21.5 Å². The second kappa shape index (κ2) is 18.4. The van der Waals surface area contributed by atoms with Gasteiger partial charge in [0.05, 0.1) is 22.8 Å². The van der Waals surface area contributed by atoms with Crippen molar-refractivity contribution in [2.75, 3.05) is 0 Å². The van der Waals surface area contributed by atoms with E-state index in [9.17, 15) is 0 Å². The molecule has 0 unspecified atom stereocenters. The quantitative estimate of drug-likeness (QED) is 0.121. The zero-order chi connectivity index (χ0) is 47.8. The zero-order valence-electron chi connectivity index (χ0n) is 39.6. The fraction of sp³-hybridized carbons (Fsp3) is 0. The topological polar surface area (TPSA) is 9.86 Å². The van der Waals surface area contributed by atoms with Gasteiger partial charge < -0.3 is 9.13 Å². The molecule has 0 aliphatic carbocycles. The molecule has 72 heavy (non-hydrogen) atoms. The van der Waals surface area contributed by atoms with Crippen LogP contribution in [-0.2, 0) is 0 Å². The monoisotopic (exact) mass is 916 g/mol. The van der Waals surface area contributed by atoms with E-state index >= 15 is 0 Å². The van der Waals surface area contributed by atoms with Crippen LogP contribution >= 0.6 is 0 Å². The lowest BCUT2D eigenvalue weighted by Crippen LogP contribution is -2.00. The number of benzene rings is 11. The summed E-state index contributed by atoms with van der Waals surface area (Å²) in [5, 5.41) is 4.91. The highest BCUT2D eigenvalue weighted by atomic mass is 15.0. The van der Waals surface area contributed by atoms with E-state index in [1.165, 1.54) is 77.2 Å². The van der Waals surface area contributed by atoms with Gasteiger partial charge in [-0.1, -0.05) is 243 Å². The van der Waals surface area contributed by atoms with Crippen LogP contribution in [0.4, 0.5) is 0 Å². The molecule has 2 nitrogen and oxygen atoms in total. The maximum atomic E-state index is 2.40. The van der Waals surface area contributed by atoms with Gasteiger partial charge in [-0.2, -0.15) is 0 Å². The van der Waals surface area contributed by atoms with Gasteiger partial charge >= 0.3 is 0 Å². The molecule has 0 bridgehead atoms. The summed E-state index contributed by atoms with van der Waals surface area (Å²) in [6.45, 7) is 0. The van der Waals surface area contributed by atoms with E-state index in [-0.39, 0.29) is 0 Å². The Kier molecular flexibility index (Phi) is 10.9. The Bertz CT molecular complexity index is 3630. The predicted octanol–water partition coefficient (Wildman–Crippen LogP) is 18.9. The molecule has 2 heterocycles. The zero-order valence-corrected chi connectivity index (χ0v) is 39.6. The minimum Gasteiger partial charge on any atom is -0.309 e. The number of hydrogen-bond acceptors (Lipinski definition) is 0. The predicted molar refractivity (Wildman–Crippen MR) is 304 cm³/mol. The highest BCUT2D eigenvalue weighted by molar-refractivity contribution is 6.28. The van der Waals surface area contributed by atoms with E-state index in [0.29, 0.717) is 0 Å². The molecule has 0 amide bonds. The Morgan fingerprint density at radius 2 is 0.431 bits per heavy atom.